The van der Waals surface area contributed by atoms with Crippen LogP contribution < -0.4 is 0 Å². The van der Waals surface area contributed by atoms with E-state index in [9.17, 15) is 24.8 Å². The first kappa shape index (κ1) is 19.0. The summed E-state index contributed by atoms with van der Waals surface area (Å²) < 4.78 is 5.22. The molecule has 2 saturated heterocycles. The fourth-order valence-electron chi connectivity index (χ4n) is 3.03. The summed E-state index contributed by atoms with van der Waals surface area (Å²) in [5.74, 6) is -1.17. The lowest BCUT2D eigenvalue weighted by molar-refractivity contribution is -0.384. The molecule has 2 heterocycles. The van der Waals surface area contributed by atoms with Crippen LogP contribution in [0.25, 0.3) is 10.4 Å². The monoisotopic (exact) mass is 393 g/mol. The van der Waals surface area contributed by atoms with E-state index < -0.39 is 39.9 Å². The smallest absolute Gasteiger partial charge is 0.332 e. The van der Waals surface area contributed by atoms with Gasteiger partial charge in [-0.15, -0.1) is 11.8 Å². The zero-order valence-corrected chi connectivity index (χ0v) is 14.9. The highest BCUT2D eigenvalue weighted by Gasteiger charge is 2.61. The molecule has 1 N–H and O–H groups in total. The van der Waals surface area contributed by atoms with Crippen molar-refractivity contribution in [2.24, 2.45) is 5.11 Å². The summed E-state index contributed by atoms with van der Waals surface area (Å²) in [6.45, 7) is 1.27. The molecule has 0 aromatic heterocycles. The van der Waals surface area contributed by atoms with E-state index >= 15 is 0 Å². The molecular weight excluding hydrogens is 378 g/mol. The third-order valence-corrected chi connectivity index (χ3v) is 5.97. The minimum Gasteiger partial charge on any atom is -0.459 e. The number of amides is 1. The maximum Gasteiger partial charge on any atom is 0.332 e. The lowest BCUT2D eigenvalue weighted by atomic mass is 9.91. The summed E-state index contributed by atoms with van der Waals surface area (Å²) >= 11 is 1.23. The number of rotatable bonds is 5. The van der Waals surface area contributed by atoms with Crippen LogP contribution in [0.2, 0.25) is 0 Å². The zero-order valence-electron chi connectivity index (χ0n) is 14.1. The first-order valence-electron chi connectivity index (χ1n) is 7.86. The lowest BCUT2D eigenvalue weighted by Gasteiger charge is -2.55. The SMILES string of the molecule is CC1(O)CS[C@@H]2[C@@H](N=[N+]=[N-])C(=O)N2C1C(=O)OCc1ccc([N+](=O)[O-])cc1. The van der Waals surface area contributed by atoms with Crippen LogP contribution in [0.4, 0.5) is 5.69 Å². The van der Waals surface area contributed by atoms with E-state index in [4.69, 9.17) is 10.3 Å². The van der Waals surface area contributed by atoms with Crippen LogP contribution in [0, 0.1) is 10.1 Å². The largest absolute Gasteiger partial charge is 0.459 e. The number of β-lactam (4-membered cyclic amide) rings is 1. The van der Waals surface area contributed by atoms with E-state index in [2.05, 4.69) is 10.0 Å². The molecule has 142 valence electrons. The van der Waals surface area contributed by atoms with Gasteiger partial charge in [0.15, 0.2) is 6.04 Å². The highest BCUT2D eigenvalue weighted by atomic mass is 32.2. The number of carbonyl (C=O) groups excluding carboxylic acids is 2. The number of ether oxygens (including phenoxy) is 1. The average molecular weight is 393 g/mol. The molecule has 27 heavy (non-hydrogen) atoms. The Balaban J connectivity index is 1.71. The number of nitro benzene ring substituents is 1. The Kier molecular flexibility index (Phi) is 4.96. The second-order valence-corrected chi connectivity index (χ2v) is 7.49. The number of nitro groups is 1. The molecule has 1 aromatic rings. The van der Waals surface area contributed by atoms with Gasteiger partial charge < -0.3 is 14.7 Å². The van der Waals surface area contributed by atoms with Gasteiger partial charge in [-0.05, 0) is 30.2 Å². The van der Waals surface area contributed by atoms with Gasteiger partial charge in [-0.1, -0.05) is 5.11 Å². The molecular formula is C15H15N5O6S. The van der Waals surface area contributed by atoms with E-state index in [0.717, 1.165) is 0 Å². The molecule has 0 aliphatic carbocycles. The highest BCUT2D eigenvalue weighted by molar-refractivity contribution is 8.00. The Labute approximate surface area is 157 Å². The quantitative estimate of drug-likeness (QED) is 0.150. The Morgan fingerprint density at radius 2 is 2.22 bits per heavy atom. The molecule has 11 nitrogen and oxygen atoms in total. The van der Waals surface area contributed by atoms with Gasteiger partial charge in [0.1, 0.15) is 18.2 Å². The maximum atomic E-state index is 12.6. The molecule has 3 rings (SSSR count). The van der Waals surface area contributed by atoms with E-state index in [0.29, 0.717) is 5.56 Å². The minimum atomic E-state index is -1.51. The zero-order chi connectivity index (χ0) is 19.8. The molecule has 12 heteroatoms. The van der Waals surface area contributed by atoms with Crippen molar-refractivity contribution in [3.05, 3.63) is 50.4 Å². The number of hydrogen-bond donors (Lipinski definition) is 1. The molecule has 2 aliphatic heterocycles. The van der Waals surface area contributed by atoms with Crippen LogP contribution in [0.3, 0.4) is 0 Å². The van der Waals surface area contributed by atoms with Crippen molar-refractivity contribution in [2.75, 3.05) is 5.75 Å². The number of carbonyl (C=O) groups is 2. The van der Waals surface area contributed by atoms with E-state index in [1.807, 2.05) is 0 Å². The van der Waals surface area contributed by atoms with Crippen molar-refractivity contribution in [1.29, 1.82) is 0 Å². The van der Waals surface area contributed by atoms with Gasteiger partial charge >= 0.3 is 5.97 Å². The number of fused-ring (bicyclic) bond motifs is 1. The Hall–Kier alpha value is -2.82. The van der Waals surface area contributed by atoms with Crippen molar-refractivity contribution in [3.8, 4) is 0 Å². The molecule has 0 radical (unpaired) electrons. The van der Waals surface area contributed by atoms with Crippen LogP contribution in [-0.2, 0) is 20.9 Å². The van der Waals surface area contributed by atoms with Crippen LogP contribution in [0.1, 0.15) is 12.5 Å². The van der Waals surface area contributed by atoms with Crippen LogP contribution in [0.5, 0.6) is 0 Å². The van der Waals surface area contributed by atoms with Crippen molar-refractivity contribution in [2.45, 2.75) is 36.6 Å². The normalized spacial score (nSPS) is 29.2. The van der Waals surface area contributed by atoms with Crippen LogP contribution in [-0.4, -0.2) is 55.6 Å². The van der Waals surface area contributed by atoms with Gasteiger partial charge in [-0.25, -0.2) is 4.79 Å². The molecule has 0 spiro atoms. The van der Waals surface area contributed by atoms with Gasteiger partial charge in [0.05, 0.1) is 10.3 Å². The number of nitrogens with zero attached hydrogens (tertiary/aromatic N) is 5. The number of aliphatic hydroxyl groups is 1. The molecule has 4 atom stereocenters. The van der Waals surface area contributed by atoms with E-state index in [1.165, 1.54) is 47.9 Å². The number of thioether (sulfide) groups is 1. The molecule has 0 saturated carbocycles. The van der Waals surface area contributed by atoms with Gasteiger partial charge in [0, 0.05) is 22.8 Å². The van der Waals surface area contributed by atoms with E-state index in [1.54, 1.807) is 0 Å². The summed E-state index contributed by atoms with van der Waals surface area (Å²) in [5, 5.41) is 24.1. The predicted molar refractivity (Wildman–Crippen MR) is 93.3 cm³/mol. The standard InChI is InChI=1S/C15H15N5O6S/c1-15(23)7-27-13-10(17-18-16)12(21)19(13)11(15)14(22)26-6-8-2-4-9(5-3-8)20(24)25/h2-5,10-11,13,23H,6-7H2,1H3/t10-,11?,13+,15?/m0/s1. The molecule has 2 fully saturated rings. The second-order valence-electron chi connectivity index (χ2n) is 6.39. The fourth-order valence-corrected chi connectivity index (χ4v) is 4.43. The van der Waals surface area contributed by atoms with Crippen molar-refractivity contribution in [3.63, 3.8) is 0 Å². The van der Waals surface area contributed by atoms with Crippen LogP contribution in [0.15, 0.2) is 29.4 Å². The third kappa shape index (κ3) is 3.42. The highest BCUT2D eigenvalue weighted by Crippen LogP contribution is 2.43. The Morgan fingerprint density at radius 1 is 1.56 bits per heavy atom. The topological polar surface area (TPSA) is 159 Å². The Bertz CT molecular complexity index is 838. The van der Waals surface area contributed by atoms with Crippen molar-refractivity contribution in [1.82, 2.24) is 4.90 Å². The molecule has 1 aromatic carbocycles. The van der Waals surface area contributed by atoms with Crippen molar-refractivity contribution < 1.29 is 24.4 Å². The molecule has 2 aliphatic rings. The maximum absolute atomic E-state index is 12.6. The number of benzene rings is 1. The summed E-state index contributed by atoms with van der Waals surface area (Å²) in [7, 11) is 0. The number of hydrogen-bond acceptors (Lipinski definition) is 8. The number of azide groups is 1. The van der Waals surface area contributed by atoms with Crippen LogP contribution >= 0.6 is 11.8 Å². The van der Waals surface area contributed by atoms with E-state index in [-0.39, 0.29) is 18.0 Å². The second kappa shape index (κ2) is 7.06. The molecule has 0 bridgehead atoms. The lowest BCUT2D eigenvalue weighted by Crippen LogP contribution is -2.75. The minimum absolute atomic E-state index is 0.0876. The summed E-state index contributed by atoms with van der Waals surface area (Å²) in [4.78, 5) is 38.7. The van der Waals surface area contributed by atoms with Gasteiger partial charge in [0.2, 0.25) is 5.91 Å². The van der Waals surface area contributed by atoms with Gasteiger partial charge in [-0.2, -0.15) is 0 Å². The summed E-state index contributed by atoms with van der Waals surface area (Å²) in [6, 6.07) is 3.36. The number of non-ortho nitro benzene ring substituents is 1. The first-order valence-corrected chi connectivity index (χ1v) is 8.91. The number of esters is 1. The first-order chi connectivity index (χ1) is 12.8. The predicted octanol–water partition coefficient (Wildman–Crippen LogP) is 1.35. The summed E-state index contributed by atoms with van der Waals surface area (Å²) in [5.41, 5.74) is 7.48. The van der Waals surface area contributed by atoms with Crippen molar-refractivity contribution >= 4 is 29.3 Å². The van der Waals surface area contributed by atoms with Gasteiger partial charge in [-0.3, -0.25) is 14.9 Å². The fraction of sp³-hybridized carbons (Fsp3) is 0.467. The average Bonchev–Trinajstić information content (AvgIpc) is 2.63. The Morgan fingerprint density at radius 3 is 2.81 bits per heavy atom. The third-order valence-electron chi connectivity index (χ3n) is 4.39. The van der Waals surface area contributed by atoms with Gasteiger partial charge in [0.25, 0.3) is 5.69 Å². The molecule has 1 amide bonds. The molecule has 2 unspecified atom stereocenters. The summed E-state index contributed by atoms with van der Waals surface area (Å²) in [6.07, 6.45) is 0.